The molecule has 2 aliphatic heterocycles. The Labute approximate surface area is 290 Å². The van der Waals surface area contributed by atoms with Crippen LogP contribution >= 0.6 is 11.6 Å². The van der Waals surface area contributed by atoms with Gasteiger partial charge in [-0.1, -0.05) is 61.3 Å². The number of fused-ring (bicyclic) bond motifs is 4. The van der Waals surface area contributed by atoms with Crippen LogP contribution in [0.25, 0.3) is 0 Å². The average molecular weight is 691 g/mol. The molecule has 9 heteroatoms. The normalized spacial score (nSPS) is 30.9. The third-order valence-corrected chi connectivity index (χ3v) is 14.2. The molecule has 1 amide bonds. The van der Waals surface area contributed by atoms with E-state index >= 15 is 0 Å². The van der Waals surface area contributed by atoms with Crippen molar-refractivity contribution in [2.45, 2.75) is 82.0 Å². The lowest BCUT2D eigenvalue weighted by atomic mass is 9.63. The number of aliphatic hydroxyl groups excluding tert-OH is 1. The van der Waals surface area contributed by atoms with Gasteiger partial charge in [-0.15, -0.1) is 0 Å². The van der Waals surface area contributed by atoms with Gasteiger partial charge >= 0.3 is 0 Å². The quantitative estimate of drug-likeness (QED) is 0.290. The molecule has 0 saturated heterocycles. The standard InChI is InChI=1S/C39H47ClN2O5S/c1-25-8-6-12-33(37(43)27-9-4-3-5-10-27)32-16-13-30(32)22-42-23-39(19-7-11-28-20-31(40)15-17-34(28)39)24-47-36-18-14-29(21-35(36)42)38(44)41-48(45,46)26(25)2/h3-5,9-10,14-15,17-18,20-21,25-26,30,32-33,37,43H,6-8,11-13,16,19,22-24H2,1-2H3,(H,41,44)/t25-,26+,30-,32+,33+,37-,39-/m0/s1. The minimum atomic E-state index is -3.92. The number of sulfonamides is 1. The fourth-order valence-corrected chi connectivity index (χ4v) is 10.4. The molecule has 7 rings (SSSR count). The highest BCUT2D eigenvalue weighted by Crippen LogP contribution is 2.50. The van der Waals surface area contributed by atoms with E-state index < -0.39 is 27.3 Å². The monoisotopic (exact) mass is 690 g/mol. The number of nitrogens with one attached hydrogen (secondary N) is 1. The molecule has 256 valence electrons. The van der Waals surface area contributed by atoms with E-state index in [1.165, 1.54) is 11.1 Å². The predicted octanol–water partition coefficient (Wildman–Crippen LogP) is 7.46. The first-order chi connectivity index (χ1) is 23.0. The summed E-state index contributed by atoms with van der Waals surface area (Å²) in [7, 11) is -3.92. The fourth-order valence-electron chi connectivity index (χ4n) is 8.92. The summed E-state index contributed by atoms with van der Waals surface area (Å²) in [6.45, 7) is 5.60. The first kappa shape index (κ1) is 33.4. The van der Waals surface area contributed by atoms with E-state index in [9.17, 15) is 18.3 Å². The highest BCUT2D eigenvalue weighted by atomic mass is 35.5. The molecule has 0 radical (unpaired) electrons. The SMILES string of the molecule is C[C@@H]1[C@@H](C)CCC[C@@H]([C@@H](O)c2ccccc2)[C@@H]2CC[C@H]2CN2C[C@@]3(CCCc4cc(Cl)ccc43)COc3ccc(cc32)C(=O)NS1(=O)=O. The molecule has 0 unspecified atom stereocenters. The number of aryl methyl sites for hydroxylation is 1. The lowest BCUT2D eigenvalue weighted by Gasteiger charge is -2.48. The summed E-state index contributed by atoms with van der Waals surface area (Å²) in [5, 5.41) is 11.9. The zero-order chi connectivity index (χ0) is 33.6. The van der Waals surface area contributed by atoms with E-state index in [1.54, 1.807) is 13.0 Å². The largest absolute Gasteiger partial charge is 0.490 e. The van der Waals surface area contributed by atoms with Crippen LogP contribution < -0.4 is 14.4 Å². The summed E-state index contributed by atoms with van der Waals surface area (Å²) in [4.78, 5) is 15.9. The molecule has 3 aromatic rings. The molecule has 4 aliphatic rings. The number of ether oxygens (including phenoxy) is 1. The number of nitrogens with zero attached hydrogens (tertiary/aromatic N) is 1. The van der Waals surface area contributed by atoms with Crippen molar-refractivity contribution in [1.29, 1.82) is 0 Å². The van der Waals surface area contributed by atoms with Crippen molar-refractivity contribution in [1.82, 2.24) is 4.72 Å². The van der Waals surface area contributed by atoms with Gasteiger partial charge in [0.15, 0.2) is 0 Å². The van der Waals surface area contributed by atoms with E-state index in [2.05, 4.69) is 21.8 Å². The van der Waals surface area contributed by atoms with E-state index in [0.717, 1.165) is 67.8 Å². The highest BCUT2D eigenvalue weighted by molar-refractivity contribution is 7.90. The third-order valence-electron chi connectivity index (χ3n) is 12.0. The molecule has 48 heavy (non-hydrogen) atoms. The van der Waals surface area contributed by atoms with Crippen molar-refractivity contribution in [3.63, 3.8) is 0 Å². The van der Waals surface area contributed by atoms with Crippen LogP contribution in [0.1, 0.15) is 91.9 Å². The van der Waals surface area contributed by atoms with Crippen molar-refractivity contribution >= 4 is 33.2 Å². The van der Waals surface area contributed by atoms with Gasteiger partial charge in [0.25, 0.3) is 5.91 Å². The fraction of sp³-hybridized carbons (Fsp3) is 0.513. The number of halogens is 1. The number of rotatable bonds is 2. The Kier molecular flexibility index (Phi) is 9.28. The van der Waals surface area contributed by atoms with E-state index in [1.807, 2.05) is 55.5 Å². The summed E-state index contributed by atoms with van der Waals surface area (Å²) >= 11 is 6.46. The first-order valence-electron chi connectivity index (χ1n) is 17.6. The maximum Gasteiger partial charge on any atom is 0.264 e. The van der Waals surface area contributed by atoms with Crippen LogP contribution in [0.15, 0.2) is 66.7 Å². The Morgan fingerprint density at radius 1 is 1.00 bits per heavy atom. The zero-order valence-corrected chi connectivity index (χ0v) is 29.5. The van der Waals surface area contributed by atoms with Crippen LogP contribution in [-0.4, -0.2) is 44.4 Å². The molecule has 1 saturated carbocycles. The van der Waals surface area contributed by atoms with Gasteiger partial charge in [-0.25, -0.2) is 13.1 Å². The number of hydrogen-bond acceptors (Lipinski definition) is 6. The van der Waals surface area contributed by atoms with Gasteiger partial charge in [0.1, 0.15) is 5.75 Å². The number of benzene rings is 3. The smallest absolute Gasteiger partial charge is 0.264 e. The van der Waals surface area contributed by atoms with Gasteiger partial charge in [0.2, 0.25) is 10.0 Å². The number of hydrogen-bond donors (Lipinski definition) is 2. The Bertz CT molecular complexity index is 1770. The minimum absolute atomic E-state index is 0.0541. The Morgan fingerprint density at radius 3 is 2.58 bits per heavy atom. The number of carbonyl (C=O) groups is 1. The summed E-state index contributed by atoms with van der Waals surface area (Å²) in [5.74, 6) is 0.651. The van der Waals surface area contributed by atoms with Crippen LogP contribution in [0.5, 0.6) is 5.75 Å². The van der Waals surface area contributed by atoms with Crippen LogP contribution in [0.2, 0.25) is 5.02 Å². The van der Waals surface area contributed by atoms with Gasteiger partial charge < -0.3 is 14.7 Å². The van der Waals surface area contributed by atoms with Gasteiger partial charge in [-0.05, 0) is 123 Å². The molecule has 1 fully saturated rings. The van der Waals surface area contributed by atoms with Crippen LogP contribution in [0, 0.1) is 23.7 Å². The summed E-state index contributed by atoms with van der Waals surface area (Å²) < 4.78 is 35.9. The molecule has 2 N–H and O–H groups in total. The second-order valence-electron chi connectivity index (χ2n) is 14.9. The molecular formula is C39H47ClN2O5S. The Balaban J connectivity index is 1.30. The van der Waals surface area contributed by atoms with Crippen LogP contribution in [0.3, 0.4) is 0 Å². The van der Waals surface area contributed by atoms with Crippen molar-refractivity contribution in [2.75, 3.05) is 24.6 Å². The topological polar surface area (TPSA) is 95.9 Å². The molecule has 7 atom stereocenters. The molecule has 3 aromatic carbocycles. The molecule has 2 bridgehead atoms. The second kappa shape index (κ2) is 13.3. The maximum absolute atomic E-state index is 13.5. The highest BCUT2D eigenvalue weighted by Gasteiger charge is 2.45. The molecule has 2 aliphatic carbocycles. The number of anilines is 1. The number of amides is 1. The summed E-state index contributed by atoms with van der Waals surface area (Å²) in [6, 6.07) is 21.5. The third kappa shape index (κ3) is 6.36. The first-order valence-corrected chi connectivity index (χ1v) is 19.6. The Morgan fingerprint density at radius 2 is 1.81 bits per heavy atom. The maximum atomic E-state index is 13.5. The van der Waals surface area contributed by atoms with Crippen LogP contribution in [-0.2, 0) is 21.9 Å². The van der Waals surface area contributed by atoms with Crippen molar-refractivity contribution < 1.29 is 23.1 Å². The minimum Gasteiger partial charge on any atom is -0.490 e. The predicted molar refractivity (Wildman–Crippen MR) is 190 cm³/mol. The van der Waals surface area contributed by atoms with E-state index in [0.29, 0.717) is 42.7 Å². The van der Waals surface area contributed by atoms with Crippen molar-refractivity contribution in [3.8, 4) is 5.75 Å². The molecule has 7 nitrogen and oxygen atoms in total. The van der Waals surface area contributed by atoms with E-state index in [-0.39, 0.29) is 17.3 Å². The van der Waals surface area contributed by atoms with Gasteiger partial charge in [0.05, 0.1) is 23.6 Å². The molecule has 0 aromatic heterocycles. The molecule has 1 spiro atoms. The van der Waals surface area contributed by atoms with E-state index in [4.69, 9.17) is 16.3 Å². The molecule has 2 heterocycles. The van der Waals surface area contributed by atoms with Crippen LogP contribution in [0.4, 0.5) is 5.69 Å². The summed E-state index contributed by atoms with van der Waals surface area (Å²) in [5.41, 5.74) is 4.32. The second-order valence-corrected chi connectivity index (χ2v) is 17.4. The van der Waals surface area contributed by atoms with Gasteiger partial charge in [-0.2, -0.15) is 0 Å². The summed E-state index contributed by atoms with van der Waals surface area (Å²) in [6.07, 6.45) is 6.80. The van der Waals surface area contributed by atoms with Crippen molar-refractivity contribution in [2.24, 2.45) is 23.7 Å². The number of aliphatic hydroxyl groups is 1. The lowest BCUT2D eigenvalue weighted by molar-refractivity contribution is 0.000599. The lowest BCUT2D eigenvalue weighted by Crippen LogP contribution is -2.49. The zero-order valence-electron chi connectivity index (χ0n) is 27.9. The number of carbonyl (C=O) groups excluding carboxylic acids is 1. The molecular weight excluding hydrogens is 644 g/mol. The van der Waals surface area contributed by atoms with Crippen molar-refractivity contribution in [3.05, 3.63) is 94.0 Å². The average Bonchev–Trinajstić information content (AvgIpc) is 3.21. The Hall–Kier alpha value is -3.07. The van der Waals surface area contributed by atoms with Gasteiger partial charge in [-0.3, -0.25) is 4.79 Å². The van der Waals surface area contributed by atoms with Gasteiger partial charge in [0, 0.05) is 29.1 Å².